The number of nitrogens with zero attached hydrogens (tertiary/aromatic N) is 4. The van der Waals surface area contributed by atoms with Crippen molar-refractivity contribution >= 4 is 17.4 Å². The summed E-state index contributed by atoms with van der Waals surface area (Å²) in [5.74, 6) is 2.77. The molecule has 8 heteroatoms. The van der Waals surface area contributed by atoms with E-state index in [0.717, 1.165) is 28.8 Å². The van der Waals surface area contributed by atoms with E-state index in [1.807, 2.05) is 31.2 Å². The second kappa shape index (κ2) is 10.6. The third-order valence-electron chi connectivity index (χ3n) is 5.05. The van der Waals surface area contributed by atoms with E-state index in [9.17, 15) is 10.1 Å². The first-order valence-electron chi connectivity index (χ1n) is 10.8. The van der Waals surface area contributed by atoms with Crippen molar-refractivity contribution in [2.24, 2.45) is 5.92 Å². The Bertz CT molecular complexity index is 1060. The Morgan fingerprint density at radius 2 is 1.72 bits per heavy atom. The van der Waals surface area contributed by atoms with Crippen LogP contribution < -0.4 is 4.74 Å². The first-order chi connectivity index (χ1) is 15.3. The Balaban J connectivity index is 1.85. The molecule has 1 unspecified atom stereocenters. The van der Waals surface area contributed by atoms with Gasteiger partial charge >= 0.3 is 0 Å². The molecule has 0 spiro atoms. The van der Waals surface area contributed by atoms with Crippen molar-refractivity contribution in [3.63, 3.8) is 0 Å². The highest BCUT2D eigenvalue weighted by atomic mass is 32.2. The van der Waals surface area contributed by atoms with Crippen LogP contribution in [0.25, 0.3) is 0 Å². The number of ether oxygens (including phenoxy) is 1. The van der Waals surface area contributed by atoms with Gasteiger partial charge in [0.1, 0.15) is 5.75 Å². The lowest BCUT2D eigenvalue weighted by Gasteiger charge is -2.20. The summed E-state index contributed by atoms with van der Waals surface area (Å²) in [5, 5.41) is 20.9. The third kappa shape index (κ3) is 5.68. The van der Waals surface area contributed by atoms with Gasteiger partial charge in [-0.25, -0.2) is 0 Å². The maximum atomic E-state index is 11.3. The topological polar surface area (TPSA) is 83.1 Å². The number of hydrogen-bond donors (Lipinski definition) is 0. The Kier molecular flexibility index (Phi) is 7.90. The first kappa shape index (κ1) is 23.8. The van der Waals surface area contributed by atoms with E-state index in [1.165, 1.54) is 17.8 Å². The molecule has 32 heavy (non-hydrogen) atoms. The van der Waals surface area contributed by atoms with Crippen LogP contribution in [0.15, 0.2) is 53.7 Å². The molecule has 0 aliphatic heterocycles. The van der Waals surface area contributed by atoms with Gasteiger partial charge in [0, 0.05) is 23.9 Å². The molecule has 1 aromatic heterocycles. The summed E-state index contributed by atoms with van der Waals surface area (Å²) in [6, 6.07) is 14.9. The van der Waals surface area contributed by atoms with Crippen molar-refractivity contribution in [2.75, 3.05) is 0 Å². The quantitative estimate of drug-likeness (QED) is 0.200. The highest BCUT2D eigenvalue weighted by Crippen LogP contribution is 2.32. The van der Waals surface area contributed by atoms with Crippen LogP contribution in [0.2, 0.25) is 0 Å². The molecule has 1 heterocycles. The number of nitro benzene ring substituents is 1. The van der Waals surface area contributed by atoms with Crippen molar-refractivity contribution in [1.82, 2.24) is 14.8 Å². The molecule has 3 rings (SSSR count). The smallest absolute Gasteiger partial charge is 0.273 e. The van der Waals surface area contributed by atoms with Crippen LogP contribution in [-0.4, -0.2) is 19.7 Å². The van der Waals surface area contributed by atoms with Crippen molar-refractivity contribution in [3.05, 3.63) is 75.6 Å². The second-order valence-corrected chi connectivity index (χ2v) is 9.41. The minimum absolute atomic E-state index is 0.122. The normalized spacial score (nSPS) is 12.3. The lowest BCUT2D eigenvalue weighted by molar-refractivity contribution is -0.385. The van der Waals surface area contributed by atoms with Crippen LogP contribution in [0.4, 0.5) is 5.69 Å². The second-order valence-electron chi connectivity index (χ2n) is 8.47. The molecule has 0 saturated heterocycles. The lowest BCUT2D eigenvalue weighted by atomic mass is 10.0. The Morgan fingerprint density at radius 1 is 1.03 bits per heavy atom. The largest absolute Gasteiger partial charge is 0.482 e. The average molecular weight is 455 g/mol. The fourth-order valence-electron chi connectivity index (χ4n) is 3.51. The molecule has 0 aliphatic carbocycles. The molecule has 0 bridgehead atoms. The summed E-state index contributed by atoms with van der Waals surface area (Å²) >= 11 is 1.46. The minimum atomic E-state index is -0.345. The van der Waals surface area contributed by atoms with Gasteiger partial charge in [0.15, 0.2) is 17.1 Å². The van der Waals surface area contributed by atoms with Crippen LogP contribution in [0, 0.1) is 16.0 Å². The van der Waals surface area contributed by atoms with Crippen LogP contribution in [0.3, 0.4) is 0 Å². The minimum Gasteiger partial charge on any atom is -0.482 e. The van der Waals surface area contributed by atoms with E-state index in [2.05, 4.69) is 48.5 Å². The van der Waals surface area contributed by atoms with E-state index >= 15 is 0 Å². The summed E-state index contributed by atoms with van der Waals surface area (Å²) < 4.78 is 8.40. The predicted molar refractivity (Wildman–Crippen MR) is 127 cm³/mol. The van der Waals surface area contributed by atoms with Crippen LogP contribution in [0.5, 0.6) is 5.75 Å². The molecule has 1 atom stereocenters. The fourth-order valence-corrected chi connectivity index (χ4v) is 4.46. The molecule has 0 N–H and O–H groups in total. The van der Waals surface area contributed by atoms with Crippen molar-refractivity contribution in [2.45, 2.75) is 64.1 Å². The van der Waals surface area contributed by atoms with E-state index in [-0.39, 0.29) is 16.7 Å². The number of aromatic nitrogens is 3. The van der Waals surface area contributed by atoms with Crippen LogP contribution in [0.1, 0.15) is 63.6 Å². The van der Waals surface area contributed by atoms with Crippen LogP contribution in [-0.2, 0) is 12.3 Å². The molecular weight excluding hydrogens is 424 g/mol. The molecule has 0 radical (unpaired) electrons. The molecule has 7 nitrogen and oxygen atoms in total. The van der Waals surface area contributed by atoms with E-state index in [1.54, 1.807) is 12.1 Å². The Morgan fingerprint density at radius 3 is 2.41 bits per heavy atom. The standard InChI is InChI=1S/C24H30N4O3S/c1-16(2)14-27-23(18(5)31-22-13-9-7-11-20(22)17(3)4)25-26-24(27)32-15-19-10-6-8-12-21(19)28(29)30/h6-13,16-18H,14-15H2,1-5H3. The number of para-hydroxylation sites is 2. The maximum Gasteiger partial charge on any atom is 0.273 e. The molecule has 0 amide bonds. The summed E-state index contributed by atoms with van der Waals surface area (Å²) in [6.07, 6.45) is -0.290. The third-order valence-corrected chi connectivity index (χ3v) is 6.06. The van der Waals surface area contributed by atoms with Gasteiger partial charge in [0.2, 0.25) is 0 Å². The molecule has 170 valence electrons. The summed E-state index contributed by atoms with van der Waals surface area (Å²) in [6.45, 7) is 11.3. The number of thioether (sulfide) groups is 1. The van der Waals surface area contributed by atoms with E-state index < -0.39 is 0 Å². The molecule has 2 aromatic carbocycles. The maximum absolute atomic E-state index is 11.3. The average Bonchev–Trinajstić information content (AvgIpc) is 3.14. The SMILES string of the molecule is CC(C)Cn1c(SCc2ccccc2[N+](=O)[O-])nnc1C(C)Oc1ccccc1C(C)C. The van der Waals surface area contributed by atoms with Crippen molar-refractivity contribution < 1.29 is 9.66 Å². The Labute approximate surface area is 193 Å². The molecular formula is C24H30N4O3S. The number of hydrogen-bond acceptors (Lipinski definition) is 6. The molecule has 0 saturated carbocycles. The molecule has 0 aliphatic rings. The zero-order valence-corrected chi connectivity index (χ0v) is 20.0. The number of rotatable bonds is 10. The van der Waals surface area contributed by atoms with Gasteiger partial charge in [-0.1, -0.05) is 75.9 Å². The lowest BCUT2D eigenvalue weighted by Crippen LogP contribution is -2.16. The van der Waals surface area contributed by atoms with E-state index in [0.29, 0.717) is 23.2 Å². The fraction of sp³-hybridized carbons (Fsp3) is 0.417. The summed E-state index contributed by atoms with van der Waals surface area (Å²) in [4.78, 5) is 11.0. The molecule has 3 aromatic rings. The van der Waals surface area contributed by atoms with Crippen molar-refractivity contribution in [3.8, 4) is 5.75 Å². The summed E-state index contributed by atoms with van der Waals surface area (Å²) in [5.41, 5.74) is 1.94. The zero-order chi connectivity index (χ0) is 23.3. The van der Waals surface area contributed by atoms with Gasteiger partial charge < -0.3 is 9.30 Å². The van der Waals surface area contributed by atoms with Crippen molar-refractivity contribution in [1.29, 1.82) is 0 Å². The monoisotopic (exact) mass is 454 g/mol. The van der Waals surface area contributed by atoms with Gasteiger partial charge in [-0.05, 0) is 30.4 Å². The number of benzene rings is 2. The van der Waals surface area contributed by atoms with Gasteiger partial charge in [-0.15, -0.1) is 10.2 Å². The predicted octanol–water partition coefficient (Wildman–Crippen LogP) is 6.40. The zero-order valence-electron chi connectivity index (χ0n) is 19.2. The van der Waals surface area contributed by atoms with Crippen LogP contribution >= 0.6 is 11.8 Å². The summed E-state index contributed by atoms with van der Waals surface area (Å²) in [7, 11) is 0. The molecule has 0 fully saturated rings. The Hall–Kier alpha value is -2.87. The van der Waals surface area contributed by atoms with Gasteiger partial charge in [-0.2, -0.15) is 0 Å². The first-order valence-corrected chi connectivity index (χ1v) is 11.8. The highest BCUT2D eigenvalue weighted by Gasteiger charge is 2.22. The van der Waals surface area contributed by atoms with Gasteiger partial charge in [-0.3, -0.25) is 10.1 Å². The van der Waals surface area contributed by atoms with E-state index in [4.69, 9.17) is 4.74 Å². The number of nitro groups is 1. The van der Waals surface area contributed by atoms with Gasteiger partial charge in [0.25, 0.3) is 5.69 Å². The highest BCUT2D eigenvalue weighted by molar-refractivity contribution is 7.98. The van der Waals surface area contributed by atoms with Gasteiger partial charge in [0.05, 0.1) is 4.92 Å².